The predicted octanol–water partition coefficient (Wildman–Crippen LogP) is 0.969. The highest BCUT2D eigenvalue weighted by molar-refractivity contribution is 7.46. The summed E-state index contributed by atoms with van der Waals surface area (Å²) in [5.41, 5.74) is 0.734. The second-order valence-corrected chi connectivity index (χ2v) is 9.84. The molecule has 0 bridgehead atoms. The summed E-state index contributed by atoms with van der Waals surface area (Å²) >= 11 is 6.11. The van der Waals surface area contributed by atoms with Crippen molar-refractivity contribution < 1.29 is 43.3 Å². The molecule has 2 aromatic heterocycles. The fourth-order valence-corrected chi connectivity index (χ4v) is 4.60. The average molecular weight is 548 g/mol. The number of aliphatic hydroxyl groups is 3. The van der Waals surface area contributed by atoms with Gasteiger partial charge in [-0.05, 0) is 24.6 Å². The van der Waals surface area contributed by atoms with Crippen molar-refractivity contribution in [3.05, 3.63) is 52.8 Å². The minimum absolute atomic E-state index is 0.171. The number of phosphoric acid groups is 1. The van der Waals surface area contributed by atoms with Gasteiger partial charge in [-0.2, -0.15) is 4.98 Å². The molecular formula is C20H24ClFN5O8P. The van der Waals surface area contributed by atoms with Crippen LogP contribution in [0.15, 0.2) is 30.5 Å². The Balaban J connectivity index is 1.62. The van der Waals surface area contributed by atoms with Gasteiger partial charge in [0.1, 0.15) is 24.1 Å². The summed E-state index contributed by atoms with van der Waals surface area (Å²) in [5.74, 6) is -1.31. The largest absolute Gasteiger partial charge is 0.469 e. The second-order valence-electron chi connectivity index (χ2n) is 8.27. The molecule has 0 amide bonds. The smallest absolute Gasteiger partial charge is 0.396 e. The van der Waals surface area contributed by atoms with Gasteiger partial charge in [-0.25, -0.2) is 18.5 Å². The third-order valence-electron chi connectivity index (χ3n) is 5.84. The fourth-order valence-electron chi connectivity index (χ4n) is 4.06. The first-order valence-electron chi connectivity index (χ1n) is 10.7. The maximum absolute atomic E-state index is 14.2. The molecule has 3 aromatic rings. The van der Waals surface area contributed by atoms with E-state index in [1.165, 1.54) is 16.8 Å². The van der Waals surface area contributed by atoms with Crippen molar-refractivity contribution in [2.24, 2.45) is 5.92 Å². The summed E-state index contributed by atoms with van der Waals surface area (Å²) in [4.78, 5) is 26.3. The molecule has 1 saturated heterocycles. The normalized spacial score (nSPS) is 24.2. The topological polar surface area (TPSA) is 192 Å². The van der Waals surface area contributed by atoms with E-state index in [9.17, 15) is 24.3 Å². The Morgan fingerprint density at radius 2 is 2.03 bits per heavy atom. The molecule has 0 aliphatic carbocycles. The monoisotopic (exact) mass is 547 g/mol. The number of anilines is 1. The molecule has 1 aliphatic heterocycles. The van der Waals surface area contributed by atoms with Crippen molar-refractivity contribution in [1.29, 1.82) is 0 Å². The van der Waals surface area contributed by atoms with Crippen molar-refractivity contribution in [2.75, 3.05) is 18.5 Å². The maximum atomic E-state index is 14.2. The van der Waals surface area contributed by atoms with Crippen LogP contribution in [0.25, 0.3) is 5.65 Å². The third kappa shape index (κ3) is 5.52. The molecule has 0 radical (unpaired) electrons. The maximum Gasteiger partial charge on any atom is 0.469 e. The van der Waals surface area contributed by atoms with Crippen LogP contribution in [0.1, 0.15) is 30.3 Å². The molecule has 3 heterocycles. The molecule has 1 unspecified atom stereocenters. The number of halogens is 2. The van der Waals surface area contributed by atoms with Crippen LogP contribution in [0.3, 0.4) is 0 Å². The van der Waals surface area contributed by atoms with Crippen molar-refractivity contribution in [3.8, 4) is 0 Å². The Morgan fingerprint density at radius 3 is 2.69 bits per heavy atom. The SMILES string of the molecule is C[C@H](Nc1nc(Cl)nn2c([C@@H]3O[C@H](C(CO)COP(=O)(O)O)[C@@H](O)[C@H]3O)cnc12)c1ccccc1F. The van der Waals surface area contributed by atoms with Gasteiger partial charge >= 0.3 is 7.82 Å². The third-order valence-corrected chi connectivity index (χ3v) is 6.48. The number of nitrogens with one attached hydrogen (secondary N) is 1. The van der Waals surface area contributed by atoms with Crippen LogP contribution < -0.4 is 5.32 Å². The van der Waals surface area contributed by atoms with Crippen LogP contribution in [0.4, 0.5) is 10.2 Å². The average Bonchev–Trinajstić information content (AvgIpc) is 3.35. The highest BCUT2D eigenvalue weighted by Crippen LogP contribution is 2.40. The number of rotatable bonds is 9. The van der Waals surface area contributed by atoms with Crippen molar-refractivity contribution in [2.45, 2.75) is 37.4 Å². The number of phosphoric ester groups is 1. The van der Waals surface area contributed by atoms with Crippen molar-refractivity contribution in [3.63, 3.8) is 0 Å². The second kappa shape index (κ2) is 10.6. The number of hydrogen-bond donors (Lipinski definition) is 6. The minimum Gasteiger partial charge on any atom is -0.396 e. The zero-order valence-corrected chi connectivity index (χ0v) is 20.4. The van der Waals surface area contributed by atoms with Crippen LogP contribution in [0, 0.1) is 11.7 Å². The fraction of sp³-hybridized carbons (Fsp3) is 0.450. The van der Waals surface area contributed by atoms with Gasteiger partial charge in [0.2, 0.25) is 5.28 Å². The van der Waals surface area contributed by atoms with E-state index in [0.29, 0.717) is 5.56 Å². The van der Waals surface area contributed by atoms with Gasteiger partial charge in [0.15, 0.2) is 11.5 Å². The van der Waals surface area contributed by atoms with Crippen molar-refractivity contribution >= 4 is 30.9 Å². The molecule has 1 aliphatic rings. The Morgan fingerprint density at radius 1 is 1.31 bits per heavy atom. The molecular weight excluding hydrogens is 524 g/mol. The molecule has 6 N–H and O–H groups in total. The Bertz CT molecular complexity index is 1280. The molecule has 6 atom stereocenters. The predicted molar refractivity (Wildman–Crippen MR) is 122 cm³/mol. The van der Waals surface area contributed by atoms with E-state index >= 15 is 0 Å². The lowest BCUT2D eigenvalue weighted by molar-refractivity contribution is -0.0556. The standard InChI is InChI=1S/C20H24ClFN5O8P/c1-9(11-4-2-3-5-12(11)22)24-18-19-23-6-13(27(19)26-20(21)25-18)17-15(30)14(29)16(35-17)10(7-28)8-34-36(31,32)33/h2-6,9-10,14-17,28-30H,7-8H2,1H3,(H,24,25,26)(H2,31,32,33)/t9-,10?,14-,15+,16+,17-/m0/s1. The highest BCUT2D eigenvalue weighted by atomic mass is 35.5. The Kier molecular flexibility index (Phi) is 7.90. The van der Waals surface area contributed by atoms with Gasteiger partial charge in [0.05, 0.1) is 37.3 Å². The molecule has 1 aromatic carbocycles. The number of fused-ring (bicyclic) bond motifs is 1. The van der Waals surface area contributed by atoms with E-state index in [1.54, 1.807) is 25.1 Å². The summed E-state index contributed by atoms with van der Waals surface area (Å²) in [5, 5.41) is 37.8. The van der Waals surface area contributed by atoms with Gasteiger partial charge < -0.3 is 35.2 Å². The van der Waals surface area contributed by atoms with Crippen LogP contribution in [-0.4, -0.2) is 76.2 Å². The molecule has 1 fully saturated rings. The van der Waals surface area contributed by atoms with Crippen molar-refractivity contribution in [1.82, 2.24) is 19.6 Å². The molecule has 196 valence electrons. The summed E-state index contributed by atoms with van der Waals surface area (Å²) in [7, 11) is -4.84. The summed E-state index contributed by atoms with van der Waals surface area (Å²) < 4.78 is 36.7. The zero-order chi connectivity index (χ0) is 26.2. The van der Waals surface area contributed by atoms with Gasteiger partial charge in [-0.1, -0.05) is 18.2 Å². The molecule has 4 rings (SSSR count). The van der Waals surface area contributed by atoms with Crippen LogP contribution in [-0.2, 0) is 13.8 Å². The number of imidazole rings is 1. The van der Waals surface area contributed by atoms with Crippen LogP contribution in [0.2, 0.25) is 5.28 Å². The van der Waals surface area contributed by atoms with Gasteiger partial charge in [0, 0.05) is 11.5 Å². The van der Waals surface area contributed by atoms with E-state index < -0.39 is 63.2 Å². The zero-order valence-electron chi connectivity index (χ0n) is 18.7. The van der Waals surface area contributed by atoms with E-state index in [-0.39, 0.29) is 22.4 Å². The first-order valence-corrected chi connectivity index (χ1v) is 12.7. The van der Waals surface area contributed by atoms with Crippen LogP contribution >= 0.6 is 19.4 Å². The first-order chi connectivity index (χ1) is 17.0. The number of aromatic nitrogens is 4. The quantitative estimate of drug-likeness (QED) is 0.208. The number of hydrogen-bond acceptors (Lipinski definition) is 10. The summed E-state index contributed by atoms with van der Waals surface area (Å²) in [6.45, 7) is 0.434. The molecule has 0 spiro atoms. The number of nitrogens with zero attached hydrogens (tertiary/aromatic N) is 4. The van der Waals surface area contributed by atoms with E-state index in [2.05, 4.69) is 24.9 Å². The van der Waals surface area contributed by atoms with E-state index in [4.69, 9.17) is 26.1 Å². The molecule has 16 heteroatoms. The first kappa shape index (κ1) is 26.8. The summed E-state index contributed by atoms with van der Waals surface area (Å²) in [6.07, 6.45) is -4.16. The minimum atomic E-state index is -4.84. The molecule has 36 heavy (non-hydrogen) atoms. The van der Waals surface area contributed by atoms with E-state index in [0.717, 1.165) is 0 Å². The van der Waals surface area contributed by atoms with Gasteiger partial charge in [0.25, 0.3) is 0 Å². The lowest BCUT2D eigenvalue weighted by Gasteiger charge is -2.23. The summed E-state index contributed by atoms with van der Waals surface area (Å²) in [6, 6.07) is 5.68. The van der Waals surface area contributed by atoms with Crippen LogP contribution in [0.5, 0.6) is 0 Å². The lowest BCUT2D eigenvalue weighted by Crippen LogP contribution is -2.39. The lowest BCUT2D eigenvalue weighted by atomic mass is 9.97. The molecule has 0 saturated carbocycles. The number of ether oxygens (including phenoxy) is 1. The number of aliphatic hydroxyl groups excluding tert-OH is 3. The number of benzene rings is 1. The Labute approximate surface area is 208 Å². The highest BCUT2D eigenvalue weighted by Gasteiger charge is 2.48. The Hall–Kier alpha value is -2.26. The van der Waals surface area contributed by atoms with Gasteiger partial charge in [-0.3, -0.25) is 4.52 Å². The van der Waals surface area contributed by atoms with E-state index in [1.807, 2.05) is 0 Å². The molecule has 13 nitrogen and oxygen atoms in total. The van der Waals surface area contributed by atoms with Gasteiger partial charge in [-0.15, -0.1) is 5.10 Å².